The van der Waals surface area contributed by atoms with E-state index in [1.165, 1.54) is 16.2 Å². The summed E-state index contributed by atoms with van der Waals surface area (Å²) >= 11 is 6.03. The summed E-state index contributed by atoms with van der Waals surface area (Å²) in [6.45, 7) is 1.07. The normalized spacial score (nSPS) is 10.7. The lowest BCUT2D eigenvalue weighted by atomic mass is 10.1. The number of hydrogen-bond donors (Lipinski definition) is 0. The SMILES string of the molecule is N#Cc1ccc(Cn2cncc2Cc2ccc(-n3cc(Cl)ccc3=O)nc2)cc1OCCc1ccccc1. The van der Waals surface area contributed by atoms with Crippen LogP contribution < -0.4 is 10.3 Å². The summed E-state index contributed by atoms with van der Waals surface area (Å²) in [5.74, 6) is 1.09. The van der Waals surface area contributed by atoms with Gasteiger partial charge in [0, 0.05) is 49.7 Å². The third-order valence-corrected chi connectivity index (χ3v) is 6.35. The van der Waals surface area contributed by atoms with Gasteiger partial charge in [-0.1, -0.05) is 54.1 Å². The second kappa shape index (κ2) is 11.6. The van der Waals surface area contributed by atoms with E-state index in [2.05, 4.69) is 32.7 Å². The highest BCUT2D eigenvalue weighted by Crippen LogP contribution is 2.22. The predicted octanol–water partition coefficient (Wildman–Crippen LogP) is 5.21. The summed E-state index contributed by atoms with van der Waals surface area (Å²) in [6, 6.07) is 24.7. The number of halogens is 1. The van der Waals surface area contributed by atoms with Gasteiger partial charge in [0.15, 0.2) is 0 Å². The first kappa shape index (κ1) is 25.0. The highest BCUT2D eigenvalue weighted by Gasteiger charge is 2.10. The fourth-order valence-corrected chi connectivity index (χ4v) is 4.31. The quantitative estimate of drug-likeness (QED) is 0.265. The molecule has 0 saturated carbocycles. The van der Waals surface area contributed by atoms with Crippen molar-refractivity contribution >= 4 is 11.6 Å². The Morgan fingerprint density at radius 1 is 0.947 bits per heavy atom. The first-order chi connectivity index (χ1) is 18.6. The number of rotatable bonds is 9. The molecule has 8 heteroatoms. The van der Waals surface area contributed by atoms with E-state index in [-0.39, 0.29) is 5.56 Å². The summed E-state index contributed by atoms with van der Waals surface area (Å²) in [6.07, 6.45) is 8.31. The smallest absolute Gasteiger partial charge is 0.256 e. The number of pyridine rings is 2. The molecule has 0 aliphatic heterocycles. The maximum atomic E-state index is 12.1. The number of aromatic nitrogens is 4. The largest absolute Gasteiger partial charge is 0.492 e. The zero-order valence-electron chi connectivity index (χ0n) is 20.5. The Bertz CT molecular complexity index is 1640. The van der Waals surface area contributed by atoms with E-state index >= 15 is 0 Å². The molecule has 0 radical (unpaired) electrons. The van der Waals surface area contributed by atoms with Crippen LogP contribution in [-0.2, 0) is 19.4 Å². The molecule has 0 spiro atoms. The van der Waals surface area contributed by atoms with Crippen LogP contribution in [0, 0.1) is 11.3 Å². The molecule has 3 aromatic heterocycles. The van der Waals surface area contributed by atoms with Crippen molar-refractivity contribution in [1.82, 2.24) is 19.1 Å². The number of nitriles is 1. The van der Waals surface area contributed by atoms with Crippen molar-refractivity contribution in [2.24, 2.45) is 0 Å². The van der Waals surface area contributed by atoms with E-state index in [9.17, 15) is 10.1 Å². The average Bonchev–Trinajstić information content (AvgIpc) is 3.37. The van der Waals surface area contributed by atoms with Gasteiger partial charge in [-0.05, 0) is 41.0 Å². The van der Waals surface area contributed by atoms with E-state index in [1.807, 2.05) is 42.6 Å². The van der Waals surface area contributed by atoms with Crippen LogP contribution in [0.3, 0.4) is 0 Å². The third kappa shape index (κ3) is 6.00. The van der Waals surface area contributed by atoms with Crippen LogP contribution in [0.5, 0.6) is 5.75 Å². The van der Waals surface area contributed by atoms with Crippen molar-refractivity contribution in [2.45, 2.75) is 19.4 Å². The fourth-order valence-electron chi connectivity index (χ4n) is 4.15. The van der Waals surface area contributed by atoms with Crippen LogP contribution >= 0.6 is 11.6 Å². The Morgan fingerprint density at radius 2 is 1.79 bits per heavy atom. The second-order valence-corrected chi connectivity index (χ2v) is 9.23. The zero-order chi connectivity index (χ0) is 26.3. The van der Waals surface area contributed by atoms with Crippen LogP contribution in [0.25, 0.3) is 5.82 Å². The van der Waals surface area contributed by atoms with Crippen molar-refractivity contribution in [3.05, 3.63) is 141 Å². The van der Waals surface area contributed by atoms with Crippen molar-refractivity contribution in [2.75, 3.05) is 6.61 Å². The van der Waals surface area contributed by atoms with E-state index in [0.29, 0.717) is 41.7 Å². The summed E-state index contributed by atoms with van der Waals surface area (Å²) in [4.78, 5) is 20.9. The molecule has 0 N–H and O–H groups in total. The zero-order valence-corrected chi connectivity index (χ0v) is 21.3. The minimum atomic E-state index is -0.196. The third-order valence-electron chi connectivity index (χ3n) is 6.13. The van der Waals surface area contributed by atoms with Gasteiger partial charge in [0.25, 0.3) is 5.56 Å². The number of hydrogen-bond acceptors (Lipinski definition) is 5. The molecule has 7 nitrogen and oxygen atoms in total. The van der Waals surface area contributed by atoms with Crippen molar-refractivity contribution in [3.63, 3.8) is 0 Å². The molecule has 188 valence electrons. The molecule has 2 aromatic carbocycles. The molecule has 0 unspecified atom stereocenters. The highest BCUT2D eigenvalue weighted by molar-refractivity contribution is 6.30. The molecule has 5 rings (SSSR count). The molecule has 0 aliphatic carbocycles. The Kier molecular flexibility index (Phi) is 7.62. The number of ether oxygens (including phenoxy) is 1. The number of nitrogens with zero attached hydrogens (tertiary/aromatic N) is 5. The minimum absolute atomic E-state index is 0.196. The summed E-state index contributed by atoms with van der Waals surface area (Å²) < 4.78 is 9.47. The lowest BCUT2D eigenvalue weighted by Crippen LogP contribution is -2.17. The van der Waals surface area contributed by atoms with Gasteiger partial charge in [-0.2, -0.15) is 5.26 Å². The number of benzene rings is 2. The predicted molar refractivity (Wildman–Crippen MR) is 146 cm³/mol. The van der Waals surface area contributed by atoms with E-state index in [0.717, 1.165) is 23.2 Å². The number of imidazole rings is 1. The van der Waals surface area contributed by atoms with Gasteiger partial charge in [-0.15, -0.1) is 0 Å². The molecule has 0 bridgehead atoms. The first-order valence-corrected chi connectivity index (χ1v) is 12.5. The molecular formula is C30H24ClN5O2. The standard InChI is InChI=1S/C30H24ClN5O2/c31-26-9-11-30(37)36(20-26)29-10-7-23(17-34-29)14-27-18-33-21-35(27)19-24-6-8-25(16-32)28(15-24)38-13-12-22-4-2-1-3-5-22/h1-11,15,17-18,20-21H,12-14,19H2. The molecule has 0 saturated heterocycles. The van der Waals surface area contributed by atoms with E-state index in [4.69, 9.17) is 16.3 Å². The molecule has 3 heterocycles. The van der Waals surface area contributed by atoms with Crippen LogP contribution in [-0.4, -0.2) is 25.7 Å². The maximum absolute atomic E-state index is 12.1. The second-order valence-electron chi connectivity index (χ2n) is 8.80. The van der Waals surface area contributed by atoms with Gasteiger partial charge < -0.3 is 9.30 Å². The maximum Gasteiger partial charge on any atom is 0.256 e. The lowest BCUT2D eigenvalue weighted by Gasteiger charge is -2.12. The van der Waals surface area contributed by atoms with Gasteiger partial charge in [-0.3, -0.25) is 9.36 Å². The van der Waals surface area contributed by atoms with Crippen molar-refractivity contribution in [3.8, 4) is 17.6 Å². The molecule has 0 aliphatic rings. The van der Waals surface area contributed by atoms with Crippen LogP contribution in [0.4, 0.5) is 0 Å². The first-order valence-electron chi connectivity index (χ1n) is 12.1. The highest BCUT2D eigenvalue weighted by atomic mass is 35.5. The van der Waals surface area contributed by atoms with Crippen molar-refractivity contribution < 1.29 is 4.74 Å². The Hall–Kier alpha value is -4.67. The monoisotopic (exact) mass is 521 g/mol. The van der Waals surface area contributed by atoms with Crippen LogP contribution in [0.15, 0.2) is 103 Å². The molecule has 38 heavy (non-hydrogen) atoms. The molecular weight excluding hydrogens is 498 g/mol. The molecule has 0 amide bonds. The van der Waals surface area contributed by atoms with Gasteiger partial charge >= 0.3 is 0 Å². The average molecular weight is 522 g/mol. The van der Waals surface area contributed by atoms with Gasteiger partial charge in [-0.25, -0.2) is 9.97 Å². The summed E-state index contributed by atoms with van der Waals surface area (Å²) in [5, 5.41) is 10.00. The molecule has 5 aromatic rings. The van der Waals surface area contributed by atoms with E-state index < -0.39 is 0 Å². The minimum Gasteiger partial charge on any atom is -0.492 e. The molecule has 0 atom stereocenters. The van der Waals surface area contributed by atoms with Gasteiger partial charge in [0.1, 0.15) is 17.6 Å². The Balaban J connectivity index is 1.27. The van der Waals surface area contributed by atoms with Crippen LogP contribution in [0.2, 0.25) is 5.02 Å². The Labute approximate surface area is 225 Å². The lowest BCUT2D eigenvalue weighted by molar-refractivity contribution is 0.320. The summed E-state index contributed by atoms with van der Waals surface area (Å²) in [7, 11) is 0. The van der Waals surface area contributed by atoms with Crippen molar-refractivity contribution in [1.29, 1.82) is 5.26 Å². The summed E-state index contributed by atoms with van der Waals surface area (Å²) in [5.41, 5.74) is 4.50. The molecule has 0 fully saturated rings. The fraction of sp³-hybridized carbons (Fsp3) is 0.133. The van der Waals surface area contributed by atoms with Gasteiger partial charge in [0.05, 0.1) is 23.5 Å². The van der Waals surface area contributed by atoms with Crippen LogP contribution in [0.1, 0.15) is 27.9 Å². The van der Waals surface area contributed by atoms with E-state index in [1.54, 1.807) is 36.9 Å². The Morgan fingerprint density at radius 3 is 2.58 bits per heavy atom. The topological polar surface area (TPSA) is 85.7 Å². The van der Waals surface area contributed by atoms with Gasteiger partial charge in [0.2, 0.25) is 0 Å².